The number of nitrogens with one attached hydrogen (secondary N) is 1. The largest absolute Gasteiger partial charge is 0.394 e. The molecule has 1 heterocycles. The van der Waals surface area contributed by atoms with Crippen LogP contribution in [0.5, 0.6) is 0 Å². The van der Waals surface area contributed by atoms with Crippen molar-refractivity contribution in [1.29, 1.82) is 0 Å². The summed E-state index contributed by atoms with van der Waals surface area (Å²) in [6.07, 6.45) is 2.21. The minimum atomic E-state index is -0.393. The zero-order valence-electron chi connectivity index (χ0n) is 11.1. The first-order valence-electron chi connectivity index (χ1n) is 6.38. The van der Waals surface area contributed by atoms with Gasteiger partial charge in [0.15, 0.2) is 0 Å². The number of para-hydroxylation sites is 1. The van der Waals surface area contributed by atoms with Gasteiger partial charge in [-0.1, -0.05) is 36.7 Å². The highest BCUT2D eigenvalue weighted by Gasteiger charge is 2.13. The van der Waals surface area contributed by atoms with Crippen molar-refractivity contribution in [1.82, 2.24) is 9.78 Å². The molecule has 0 saturated carbocycles. The number of aliphatic hydroxyl groups excluding tert-OH is 1. The number of nitrogens with zero attached hydrogens (tertiary/aromatic N) is 2. The fourth-order valence-electron chi connectivity index (χ4n) is 1.78. The van der Waals surface area contributed by atoms with Crippen LogP contribution in [0.15, 0.2) is 41.3 Å². The van der Waals surface area contributed by atoms with E-state index >= 15 is 0 Å². The lowest BCUT2D eigenvalue weighted by Gasteiger charge is -2.16. The molecule has 0 aliphatic carbocycles. The van der Waals surface area contributed by atoms with Gasteiger partial charge in [-0.05, 0) is 18.6 Å². The number of hydrogen-bond donors (Lipinski definition) is 2. The molecule has 6 heteroatoms. The van der Waals surface area contributed by atoms with Crippen molar-refractivity contribution >= 4 is 17.3 Å². The van der Waals surface area contributed by atoms with Gasteiger partial charge >= 0.3 is 0 Å². The molecule has 0 bridgehead atoms. The monoisotopic (exact) mass is 293 g/mol. The lowest BCUT2D eigenvalue weighted by molar-refractivity contribution is 0.272. The Kier molecular flexibility index (Phi) is 4.76. The third-order valence-corrected chi connectivity index (χ3v) is 3.36. The van der Waals surface area contributed by atoms with Crippen molar-refractivity contribution in [2.45, 2.75) is 19.4 Å². The van der Waals surface area contributed by atoms with Gasteiger partial charge in [-0.15, -0.1) is 0 Å². The van der Waals surface area contributed by atoms with Gasteiger partial charge < -0.3 is 10.4 Å². The van der Waals surface area contributed by atoms with Crippen LogP contribution in [-0.2, 0) is 0 Å². The Hall–Kier alpha value is -1.85. The van der Waals surface area contributed by atoms with Crippen molar-refractivity contribution in [3.63, 3.8) is 0 Å². The first-order valence-corrected chi connectivity index (χ1v) is 6.75. The molecular weight excluding hydrogens is 278 g/mol. The Morgan fingerprint density at radius 3 is 2.70 bits per heavy atom. The van der Waals surface area contributed by atoms with E-state index in [1.807, 2.05) is 25.1 Å². The van der Waals surface area contributed by atoms with Crippen LogP contribution in [0.3, 0.4) is 0 Å². The Morgan fingerprint density at radius 1 is 1.40 bits per heavy atom. The summed E-state index contributed by atoms with van der Waals surface area (Å²) in [6.45, 7) is 1.90. The van der Waals surface area contributed by atoms with E-state index in [1.54, 1.807) is 12.1 Å². The molecular formula is C14H16ClN3O2. The van der Waals surface area contributed by atoms with Crippen LogP contribution in [0.25, 0.3) is 5.69 Å². The summed E-state index contributed by atoms with van der Waals surface area (Å²) in [5, 5.41) is 16.4. The number of rotatable bonds is 5. The standard InChI is InChI=1S/C14H16ClN3O2/c1-2-10(9-19)17-12-8-16-18(14(20)13(12)15)11-6-4-3-5-7-11/h3-8,10,17,19H,2,9H2,1H3. The maximum absolute atomic E-state index is 12.2. The summed E-state index contributed by atoms with van der Waals surface area (Å²) < 4.78 is 1.24. The van der Waals surface area contributed by atoms with Crippen molar-refractivity contribution in [2.75, 3.05) is 11.9 Å². The van der Waals surface area contributed by atoms with Gasteiger partial charge in [0.05, 0.1) is 24.2 Å². The second kappa shape index (κ2) is 6.54. The average Bonchev–Trinajstić information content (AvgIpc) is 2.50. The molecule has 0 amide bonds. The van der Waals surface area contributed by atoms with Crippen LogP contribution >= 0.6 is 11.6 Å². The summed E-state index contributed by atoms with van der Waals surface area (Å²) in [5.74, 6) is 0. The minimum Gasteiger partial charge on any atom is -0.394 e. The molecule has 2 aromatic rings. The van der Waals surface area contributed by atoms with Gasteiger partial charge in [0.1, 0.15) is 5.02 Å². The molecule has 0 saturated heterocycles. The van der Waals surface area contributed by atoms with Crippen LogP contribution in [0.4, 0.5) is 5.69 Å². The smallest absolute Gasteiger partial charge is 0.292 e. The van der Waals surface area contributed by atoms with Crippen molar-refractivity contribution in [2.24, 2.45) is 0 Å². The quantitative estimate of drug-likeness (QED) is 0.885. The van der Waals surface area contributed by atoms with Crippen molar-refractivity contribution in [3.8, 4) is 5.69 Å². The molecule has 1 aromatic heterocycles. The number of aliphatic hydroxyl groups is 1. The zero-order valence-corrected chi connectivity index (χ0v) is 11.8. The van der Waals surface area contributed by atoms with Gasteiger partial charge in [0.25, 0.3) is 5.56 Å². The molecule has 0 fully saturated rings. The van der Waals surface area contributed by atoms with Gasteiger partial charge in [-0.2, -0.15) is 9.78 Å². The van der Waals surface area contributed by atoms with E-state index < -0.39 is 5.56 Å². The molecule has 0 spiro atoms. The number of halogens is 1. The molecule has 1 aromatic carbocycles. The van der Waals surface area contributed by atoms with E-state index in [2.05, 4.69) is 10.4 Å². The lowest BCUT2D eigenvalue weighted by Crippen LogP contribution is -2.27. The maximum atomic E-state index is 12.2. The van der Waals surface area contributed by atoms with Crippen LogP contribution in [0.1, 0.15) is 13.3 Å². The summed E-state index contributed by atoms with van der Waals surface area (Å²) in [6, 6.07) is 8.91. The third-order valence-electron chi connectivity index (χ3n) is 2.99. The first kappa shape index (κ1) is 14.6. The molecule has 1 unspecified atom stereocenters. The van der Waals surface area contributed by atoms with E-state index in [4.69, 9.17) is 11.6 Å². The second-order valence-electron chi connectivity index (χ2n) is 4.36. The van der Waals surface area contributed by atoms with Crippen molar-refractivity contribution < 1.29 is 5.11 Å². The van der Waals surface area contributed by atoms with Gasteiger partial charge in [-0.3, -0.25) is 4.79 Å². The maximum Gasteiger partial charge on any atom is 0.292 e. The minimum absolute atomic E-state index is 0.0331. The predicted molar refractivity (Wildman–Crippen MR) is 79.6 cm³/mol. The number of hydrogen-bond acceptors (Lipinski definition) is 4. The number of aromatic nitrogens is 2. The molecule has 0 radical (unpaired) electrons. The first-order chi connectivity index (χ1) is 9.67. The molecule has 5 nitrogen and oxygen atoms in total. The van der Waals surface area contributed by atoms with Crippen LogP contribution in [0, 0.1) is 0 Å². The van der Waals surface area contributed by atoms with E-state index in [-0.39, 0.29) is 17.7 Å². The van der Waals surface area contributed by atoms with E-state index in [1.165, 1.54) is 10.9 Å². The third kappa shape index (κ3) is 3.00. The Balaban J connectivity index is 2.37. The molecule has 0 aliphatic heterocycles. The summed E-state index contributed by atoms with van der Waals surface area (Å²) in [5.41, 5.74) is 0.695. The van der Waals surface area contributed by atoms with E-state index in [0.717, 1.165) is 0 Å². The SMILES string of the molecule is CCC(CO)Nc1cnn(-c2ccccc2)c(=O)c1Cl. The predicted octanol–water partition coefficient (Wildman–Crippen LogP) is 2.07. The fraction of sp³-hybridized carbons (Fsp3) is 0.286. The molecule has 106 valence electrons. The zero-order chi connectivity index (χ0) is 14.5. The summed E-state index contributed by atoms with van der Waals surface area (Å²) in [7, 11) is 0. The highest BCUT2D eigenvalue weighted by Crippen LogP contribution is 2.18. The van der Waals surface area contributed by atoms with Crippen LogP contribution in [0.2, 0.25) is 5.02 Å². The Labute approximate surface area is 121 Å². The molecule has 20 heavy (non-hydrogen) atoms. The lowest BCUT2D eigenvalue weighted by atomic mass is 10.2. The van der Waals surface area contributed by atoms with Gasteiger partial charge in [-0.25, -0.2) is 0 Å². The van der Waals surface area contributed by atoms with E-state index in [0.29, 0.717) is 17.8 Å². The summed E-state index contributed by atoms with van der Waals surface area (Å²) >= 11 is 6.09. The normalized spacial score (nSPS) is 12.2. The highest BCUT2D eigenvalue weighted by atomic mass is 35.5. The van der Waals surface area contributed by atoms with Gasteiger partial charge in [0, 0.05) is 6.04 Å². The molecule has 1 atom stereocenters. The topological polar surface area (TPSA) is 67.2 Å². The Bertz CT molecular complexity index is 624. The molecule has 2 N–H and O–H groups in total. The van der Waals surface area contributed by atoms with Gasteiger partial charge in [0.2, 0.25) is 0 Å². The number of benzene rings is 1. The fourth-order valence-corrected chi connectivity index (χ4v) is 1.97. The highest BCUT2D eigenvalue weighted by molar-refractivity contribution is 6.32. The molecule has 0 aliphatic rings. The van der Waals surface area contributed by atoms with Crippen molar-refractivity contribution in [3.05, 3.63) is 51.9 Å². The second-order valence-corrected chi connectivity index (χ2v) is 4.73. The van der Waals surface area contributed by atoms with E-state index in [9.17, 15) is 9.90 Å². The number of anilines is 1. The molecule has 2 rings (SSSR count). The average molecular weight is 294 g/mol. The summed E-state index contributed by atoms with van der Waals surface area (Å²) in [4.78, 5) is 12.2. The Morgan fingerprint density at radius 2 is 2.10 bits per heavy atom. The van der Waals surface area contributed by atoms with Crippen LogP contribution in [-0.4, -0.2) is 27.5 Å². The van der Waals surface area contributed by atoms with Crippen LogP contribution < -0.4 is 10.9 Å².